The number of ether oxygens (including phenoxy) is 1. The number of carbonyl (C=O) groups excluding carboxylic acids is 3. The molecule has 22 heavy (non-hydrogen) atoms. The Labute approximate surface area is 130 Å². The molecule has 0 aromatic heterocycles. The monoisotopic (exact) mass is 303 g/mol. The Morgan fingerprint density at radius 3 is 2.41 bits per heavy atom. The number of hydrogen-bond acceptors (Lipinski definition) is 4. The summed E-state index contributed by atoms with van der Waals surface area (Å²) in [5, 5.41) is 0. The number of benzene rings is 1. The van der Waals surface area contributed by atoms with Crippen molar-refractivity contribution in [1.82, 2.24) is 4.90 Å². The first-order valence-corrected chi connectivity index (χ1v) is 7.48. The zero-order valence-electron chi connectivity index (χ0n) is 13.1. The number of likely N-dealkylation sites (tertiary alicyclic amines) is 1. The van der Waals surface area contributed by atoms with Crippen LogP contribution in [0.2, 0.25) is 0 Å². The molecule has 1 aromatic rings. The lowest BCUT2D eigenvalue weighted by Crippen LogP contribution is -2.44. The van der Waals surface area contributed by atoms with Crippen LogP contribution in [-0.2, 0) is 25.7 Å². The van der Waals surface area contributed by atoms with E-state index in [2.05, 4.69) is 0 Å². The van der Waals surface area contributed by atoms with Crippen LogP contribution in [0.3, 0.4) is 0 Å². The highest BCUT2D eigenvalue weighted by atomic mass is 16.5. The van der Waals surface area contributed by atoms with Gasteiger partial charge in [-0.1, -0.05) is 44.2 Å². The predicted octanol–water partition coefficient (Wildman–Crippen LogP) is 2.15. The number of esters is 1. The molecular formula is C17H21NO4. The van der Waals surface area contributed by atoms with E-state index in [0.717, 1.165) is 10.5 Å². The largest absolute Gasteiger partial charge is 0.459 e. The Morgan fingerprint density at radius 1 is 1.23 bits per heavy atom. The summed E-state index contributed by atoms with van der Waals surface area (Å²) in [5.41, 5.74) is 0.863. The van der Waals surface area contributed by atoms with Crippen LogP contribution >= 0.6 is 0 Å². The topological polar surface area (TPSA) is 63.7 Å². The molecule has 2 unspecified atom stereocenters. The minimum Gasteiger partial charge on any atom is -0.459 e. The third-order valence-electron chi connectivity index (χ3n) is 3.97. The van der Waals surface area contributed by atoms with Gasteiger partial charge in [0, 0.05) is 12.3 Å². The van der Waals surface area contributed by atoms with E-state index in [4.69, 9.17) is 4.74 Å². The fraction of sp³-hybridized carbons (Fsp3) is 0.471. The molecule has 5 heteroatoms. The molecule has 1 saturated heterocycles. The molecule has 118 valence electrons. The summed E-state index contributed by atoms with van der Waals surface area (Å²) in [5.74, 6) is -1.39. The second kappa shape index (κ2) is 6.73. The average molecular weight is 303 g/mol. The summed E-state index contributed by atoms with van der Waals surface area (Å²) in [6, 6.07) is 8.40. The maximum atomic E-state index is 12.3. The van der Waals surface area contributed by atoms with Crippen molar-refractivity contribution >= 4 is 17.8 Å². The Morgan fingerprint density at radius 2 is 1.86 bits per heavy atom. The molecule has 2 rings (SSSR count). The number of rotatable bonds is 5. The Bertz CT molecular complexity index is 567. The first-order valence-electron chi connectivity index (χ1n) is 7.48. The van der Waals surface area contributed by atoms with Crippen molar-refractivity contribution in [3.05, 3.63) is 35.9 Å². The van der Waals surface area contributed by atoms with Gasteiger partial charge in [-0.2, -0.15) is 0 Å². The lowest BCUT2D eigenvalue weighted by Gasteiger charge is -2.22. The molecule has 0 N–H and O–H groups in total. The summed E-state index contributed by atoms with van der Waals surface area (Å²) in [6.07, 6.45) is 0.173. The minimum atomic E-state index is -0.882. The molecule has 1 aliphatic heterocycles. The average Bonchev–Trinajstić information content (AvgIpc) is 2.80. The van der Waals surface area contributed by atoms with Gasteiger partial charge < -0.3 is 4.74 Å². The van der Waals surface area contributed by atoms with Gasteiger partial charge in [0.1, 0.15) is 12.6 Å². The van der Waals surface area contributed by atoms with Gasteiger partial charge in [0.25, 0.3) is 0 Å². The van der Waals surface area contributed by atoms with Crippen molar-refractivity contribution in [3.63, 3.8) is 0 Å². The van der Waals surface area contributed by atoms with Crippen LogP contribution in [0.4, 0.5) is 0 Å². The van der Waals surface area contributed by atoms with Gasteiger partial charge in [-0.3, -0.25) is 14.5 Å². The molecule has 2 amide bonds. The molecule has 2 atom stereocenters. The van der Waals surface area contributed by atoms with Gasteiger partial charge in [0.2, 0.25) is 11.8 Å². The highest BCUT2D eigenvalue weighted by Gasteiger charge is 2.44. The molecule has 1 heterocycles. The third kappa shape index (κ3) is 3.35. The SMILES string of the molecule is CC(C)C1CC(=O)N(C(C)C(=O)OCc2ccccc2)C1=O. The third-order valence-corrected chi connectivity index (χ3v) is 3.97. The van der Waals surface area contributed by atoms with Crippen molar-refractivity contribution < 1.29 is 19.1 Å². The van der Waals surface area contributed by atoms with E-state index < -0.39 is 12.0 Å². The molecule has 0 radical (unpaired) electrons. The van der Waals surface area contributed by atoms with Gasteiger partial charge in [0.05, 0.1) is 0 Å². The maximum absolute atomic E-state index is 12.3. The summed E-state index contributed by atoms with van der Waals surface area (Å²) in [7, 11) is 0. The van der Waals surface area contributed by atoms with E-state index >= 15 is 0 Å². The zero-order valence-corrected chi connectivity index (χ0v) is 13.1. The van der Waals surface area contributed by atoms with Crippen molar-refractivity contribution in [2.45, 2.75) is 39.8 Å². The van der Waals surface area contributed by atoms with Crippen molar-refractivity contribution in [3.8, 4) is 0 Å². The molecule has 0 bridgehead atoms. The number of hydrogen-bond donors (Lipinski definition) is 0. The number of imide groups is 1. The zero-order chi connectivity index (χ0) is 16.3. The lowest BCUT2D eigenvalue weighted by atomic mass is 9.94. The van der Waals surface area contributed by atoms with Crippen LogP contribution < -0.4 is 0 Å². The highest BCUT2D eigenvalue weighted by molar-refractivity contribution is 6.06. The fourth-order valence-corrected chi connectivity index (χ4v) is 2.56. The first kappa shape index (κ1) is 16.2. The molecule has 0 saturated carbocycles. The summed E-state index contributed by atoms with van der Waals surface area (Å²) >= 11 is 0. The van der Waals surface area contributed by atoms with Gasteiger partial charge in [0.15, 0.2) is 0 Å². The van der Waals surface area contributed by atoms with E-state index in [9.17, 15) is 14.4 Å². The van der Waals surface area contributed by atoms with Crippen LogP contribution in [0.15, 0.2) is 30.3 Å². The van der Waals surface area contributed by atoms with E-state index in [1.807, 2.05) is 44.2 Å². The van der Waals surface area contributed by atoms with Crippen LogP contribution in [0.5, 0.6) is 0 Å². The van der Waals surface area contributed by atoms with Gasteiger partial charge in [-0.05, 0) is 18.4 Å². The Hall–Kier alpha value is -2.17. The van der Waals surface area contributed by atoms with Crippen molar-refractivity contribution in [1.29, 1.82) is 0 Å². The normalized spacial score (nSPS) is 19.6. The van der Waals surface area contributed by atoms with E-state index in [1.165, 1.54) is 6.92 Å². The van der Waals surface area contributed by atoms with Crippen LogP contribution in [-0.4, -0.2) is 28.7 Å². The molecule has 0 aliphatic carbocycles. The molecular weight excluding hydrogens is 282 g/mol. The molecule has 0 spiro atoms. The maximum Gasteiger partial charge on any atom is 0.329 e. The van der Waals surface area contributed by atoms with Crippen LogP contribution in [0.25, 0.3) is 0 Å². The smallest absolute Gasteiger partial charge is 0.329 e. The first-order chi connectivity index (χ1) is 10.4. The second-order valence-corrected chi connectivity index (χ2v) is 5.93. The van der Waals surface area contributed by atoms with E-state index in [-0.39, 0.29) is 36.7 Å². The summed E-state index contributed by atoms with van der Waals surface area (Å²) < 4.78 is 5.21. The second-order valence-electron chi connectivity index (χ2n) is 5.93. The number of nitrogens with zero attached hydrogens (tertiary/aromatic N) is 1. The standard InChI is InChI=1S/C17H21NO4/c1-11(2)14-9-15(19)18(16(14)20)12(3)17(21)22-10-13-7-5-4-6-8-13/h4-8,11-12,14H,9-10H2,1-3H3. The highest BCUT2D eigenvalue weighted by Crippen LogP contribution is 2.28. The van der Waals surface area contributed by atoms with Gasteiger partial charge >= 0.3 is 5.97 Å². The van der Waals surface area contributed by atoms with E-state index in [0.29, 0.717) is 0 Å². The van der Waals surface area contributed by atoms with Crippen molar-refractivity contribution in [2.75, 3.05) is 0 Å². The quantitative estimate of drug-likeness (QED) is 0.617. The summed E-state index contributed by atoms with van der Waals surface area (Å²) in [6.45, 7) is 5.47. The van der Waals surface area contributed by atoms with Gasteiger partial charge in [-0.15, -0.1) is 0 Å². The number of carbonyl (C=O) groups is 3. The minimum absolute atomic E-state index is 0.0778. The molecule has 1 fully saturated rings. The Balaban J connectivity index is 1.98. The lowest BCUT2D eigenvalue weighted by molar-refractivity contribution is -0.158. The van der Waals surface area contributed by atoms with E-state index in [1.54, 1.807) is 0 Å². The molecule has 5 nitrogen and oxygen atoms in total. The number of amides is 2. The van der Waals surface area contributed by atoms with Crippen LogP contribution in [0.1, 0.15) is 32.8 Å². The fourth-order valence-electron chi connectivity index (χ4n) is 2.56. The molecule has 1 aromatic carbocycles. The summed E-state index contributed by atoms with van der Waals surface area (Å²) in [4.78, 5) is 37.4. The van der Waals surface area contributed by atoms with Gasteiger partial charge in [-0.25, -0.2) is 4.79 Å². The molecule has 1 aliphatic rings. The Kier molecular flexibility index (Phi) is 4.96. The predicted molar refractivity (Wildman–Crippen MR) is 80.5 cm³/mol. The van der Waals surface area contributed by atoms with Crippen LogP contribution in [0, 0.1) is 11.8 Å². The van der Waals surface area contributed by atoms with Crippen molar-refractivity contribution in [2.24, 2.45) is 11.8 Å².